The Hall–Kier alpha value is -1.51. The van der Waals surface area contributed by atoms with Crippen LogP contribution in [-0.4, -0.2) is 31.5 Å². The van der Waals surface area contributed by atoms with E-state index in [-0.39, 0.29) is 0 Å². The van der Waals surface area contributed by atoms with E-state index in [0.717, 1.165) is 24.4 Å². The summed E-state index contributed by atoms with van der Waals surface area (Å²) in [6.45, 7) is 3.79. The van der Waals surface area contributed by atoms with E-state index >= 15 is 0 Å². The SMILES string of the molecule is CCNCCc1ccc(S(=O)(=O)Nc2cncnc2)s1. The van der Waals surface area contributed by atoms with E-state index in [2.05, 4.69) is 20.0 Å². The first kappa shape index (κ1) is 14.9. The molecule has 2 aromatic rings. The number of thiophene rings is 1. The zero-order valence-electron chi connectivity index (χ0n) is 11.0. The van der Waals surface area contributed by atoms with Crippen molar-refractivity contribution in [2.45, 2.75) is 17.6 Å². The minimum absolute atomic E-state index is 0.299. The zero-order valence-corrected chi connectivity index (χ0v) is 12.7. The van der Waals surface area contributed by atoms with E-state index in [9.17, 15) is 8.42 Å². The Bertz CT molecular complexity index is 640. The highest BCUT2D eigenvalue weighted by Crippen LogP contribution is 2.23. The van der Waals surface area contributed by atoms with Gasteiger partial charge in [0.1, 0.15) is 10.5 Å². The van der Waals surface area contributed by atoms with Crippen LogP contribution in [0.15, 0.2) is 35.1 Å². The second-order valence-corrected chi connectivity index (χ2v) is 7.13. The average Bonchev–Trinajstić information content (AvgIpc) is 2.89. The maximum absolute atomic E-state index is 12.2. The van der Waals surface area contributed by atoms with Crippen molar-refractivity contribution in [2.75, 3.05) is 17.8 Å². The van der Waals surface area contributed by atoms with Crippen LogP contribution in [0, 0.1) is 0 Å². The van der Waals surface area contributed by atoms with Crippen LogP contribution in [0.3, 0.4) is 0 Å². The Kier molecular flexibility index (Phi) is 5.05. The van der Waals surface area contributed by atoms with Crippen LogP contribution < -0.4 is 10.0 Å². The lowest BCUT2D eigenvalue weighted by atomic mass is 10.3. The van der Waals surface area contributed by atoms with E-state index < -0.39 is 10.0 Å². The van der Waals surface area contributed by atoms with Crippen molar-refractivity contribution in [1.82, 2.24) is 15.3 Å². The molecule has 20 heavy (non-hydrogen) atoms. The summed E-state index contributed by atoms with van der Waals surface area (Å²) >= 11 is 1.28. The molecular weight excluding hydrogens is 296 g/mol. The van der Waals surface area contributed by atoms with Crippen molar-refractivity contribution in [3.63, 3.8) is 0 Å². The van der Waals surface area contributed by atoms with Gasteiger partial charge in [-0.15, -0.1) is 11.3 Å². The van der Waals surface area contributed by atoms with Gasteiger partial charge >= 0.3 is 0 Å². The summed E-state index contributed by atoms with van der Waals surface area (Å²) in [7, 11) is -3.55. The van der Waals surface area contributed by atoms with Crippen LogP contribution >= 0.6 is 11.3 Å². The van der Waals surface area contributed by atoms with Crippen molar-refractivity contribution in [2.24, 2.45) is 0 Å². The van der Waals surface area contributed by atoms with Crippen molar-refractivity contribution < 1.29 is 8.42 Å². The molecule has 0 radical (unpaired) electrons. The number of likely N-dealkylation sites (N-methyl/N-ethyl adjacent to an activating group) is 1. The van der Waals surface area contributed by atoms with Crippen molar-refractivity contribution in [3.05, 3.63) is 35.7 Å². The predicted molar refractivity (Wildman–Crippen MR) is 79.4 cm³/mol. The molecule has 0 atom stereocenters. The first-order valence-corrected chi connectivity index (χ1v) is 8.49. The number of anilines is 1. The van der Waals surface area contributed by atoms with Crippen LogP contribution in [0.25, 0.3) is 0 Å². The number of nitrogens with zero attached hydrogens (tertiary/aromatic N) is 2. The van der Waals surface area contributed by atoms with Crippen molar-refractivity contribution in [3.8, 4) is 0 Å². The van der Waals surface area contributed by atoms with Gasteiger partial charge in [-0.05, 0) is 31.6 Å². The third-order valence-corrected chi connectivity index (χ3v) is 5.53. The fourth-order valence-corrected chi connectivity index (χ4v) is 3.97. The summed E-state index contributed by atoms with van der Waals surface area (Å²) in [5.41, 5.74) is 0.357. The second-order valence-electron chi connectivity index (χ2n) is 4.06. The molecule has 0 spiro atoms. The molecule has 0 amide bonds. The minimum Gasteiger partial charge on any atom is -0.317 e. The summed E-state index contributed by atoms with van der Waals surface area (Å²) in [6, 6.07) is 3.47. The number of sulfonamides is 1. The standard InChI is InChI=1S/C12H16N4O2S2/c1-2-13-6-5-11-3-4-12(19-11)20(17,18)16-10-7-14-9-15-8-10/h3-4,7-9,13,16H,2,5-6H2,1H3. The maximum Gasteiger partial charge on any atom is 0.271 e. The van der Waals surface area contributed by atoms with Crippen molar-refractivity contribution in [1.29, 1.82) is 0 Å². The third kappa shape index (κ3) is 3.99. The number of hydrogen-bond donors (Lipinski definition) is 2. The quantitative estimate of drug-likeness (QED) is 0.757. The molecule has 108 valence electrons. The topological polar surface area (TPSA) is 84.0 Å². The molecule has 0 aliphatic carbocycles. The highest BCUT2D eigenvalue weighted by molar-refractivity contribution is 7.94. The molecular formula is C12H16N4O2S2. The van der Waals surface area contributed by atoms with E-state index in [0.29, 0.717) is 9.90 Å². The smallest absolute Gasteiger partial charge is 0.271 e. The Morgan fingerprint density at radius 3 is 2.70 bits per heavy atom. The monoisotopic (exact) mass is 312 g/mol. The van der Waals surface area contributed by atoms with Gasteiger partial charge < -0.3 is 5.32 Å². The Morgan fingerprint density at radius 1 is 1.25 bits per heavy atom. The Morgan fingerprint density at radius 2 is 2.00 bits per heavy atom. The van der Waals surface area contributed by atoms with Crippen LogP contribution in [0.5, 0.6) is 0 Å². The normalized spacial score (nSPS) is 11.4. The lowest BCUT2D eigenvalue weighted by Crippen LogP contribution is -2.15. The van der Waals surface area contributed by atoms with Gasteiger partial charge in [0.05, 0.1) is 18.1 Å². The minimum atomic E-state index is -3.55. The van der Waals surface area contributed by atoms with E-state index in [4.69, 9.17) is 0 Å². The number of aromatic nitrogens is 2. The van der Waals surface area contributed by atoms with Gasteiger partial charge in [-0.3, -0.25) is 4.72 Å². The summed E-state index contributed by atoms with van der Waals surface area (Å²) in [5.74, 6) is 0. The first-order chi connectivity index (χ1) is 9.62. The lowest BCUT2D eigenvalue weighted by Gasteiger charge is -2.04. The number of rotatable bonds is 7. The van der Waals surface area contributed by atoms with Crippen LogP contribution in [-0.2, 0) is 16.4 Å². The number of nitrogens with one attached hydrogen (secondary N) is 2. The summed E-state index contributed by atoms with van der Waals surface area (Å²) in [6.07, 6.45) is 5.01. The molecule has 2 N–H and O–H groups in total. The molecule has 0 saturated carbocycles. The van der Waals surface area contributed by atoms with E-state index in [1.165, 1.54) is 30.1 Å². The predicted octanol–water partition coefficient (Wildman–Crippen LogP) is 1.49. The fourth-order valence-electron chi connectivity index (χ4n) is 1.58. The Balaban J connectivity index is 2.06. The molecule has 2 heterocycles. The lowest BCUT2D eigenvalue weighted by molar-refractivity contribution is 0.603. The van der Waals surface area contributed by atoms with E-state index in [1.54, 1.807) is 6.07 Å². The zero-order chi connectivity index (χ0) is 14.4. The molecule has 2 aromatic heterocycles. The van der Waals surface area contributed by atoms with Crippen molar-refractivity contribution >= 4 is 27.0 Å². The molecule has 0 bridgehead atoms. The van der Waals surface area contributed by atoms with Gasteiger partial charge in [-0.25, -0.2) is 18.4 Å². The number of hydrogen-bond acceptors (Lipinski definition) is 6. The van der Waals surface area contributed by atoms with Crippen LogP contribution in [0.1, 0.15) is 11.8 Å². The highest BCUT2D eigenvalue weighted by atomic mass is 32.2. The third-order valence-electron chi connectivity index (χ3n) is 2.51. The highest BCUT2D eigenvalue weighted by Gasteiger charge is 2.17. The average molecular weight is 312 g/mol. The summed E-state index contributed by atoms with van der Waals surface area (Å²) in [5, 5.41) is 3.21. The summed E-state index contributed by atoms with van der Waals surface area (Å²) < 4.78 is 27.1. The van der Waals surface area contributed by atoms with Gasteiger partial charge in [-0.1, -0.05) is 6.92 Å². The molecule has 0 unspecified atom stereocenters. The van der Waals surface area contributed by atoms with Gasteiger partial charge in [0.15, 0.2) is 0 Å². The second kappa shape index (κ2) is 6.78. The van der Waals surface area contributed by atoms with E-state index in [1.807, 2.05) is 13.0 Å². The molecule has 6 nitrogen and oxygen atoms in total. The molecule has 0 saturated heterocycles. The Labute approximate surface area is 122 Å². The molecule has 0 aliphatic heterocycles. The van der Waals surface area contributed by atoms with Crippen LogP contribution in [0.4, 0.5) is 5.69 Å². The molecule has 8 heteroatoms. The molecule has 2 rings (SSSR count). The molecule has 0 aliphatic rings. The molecule has 0 fully saturated rings. The van der Waals surface area contributed by atoms with Gasteiger partial charge in [0, 0.05) is 4.88 Å². The molecule has 0 aromatic carbocycles. The maximum atomic E-state index is 12.2. The van der Waals surface area contributed by atoms with Gasteiger partial charge in [-0.2, -0.15) is 0 Å². The van der Waals surface area contributed by atoms with Crippen LogP contribution in [0.2, 0.25) is 0 Å². The summed E-state index contributed by atoms with van der Waals surface area (Å²) in [4.78, 5) is 8.59. The van der Waals surface area contributed by atoms with Gasteiger partial charge in [0.2, 0.25) is 0 Å². The first-order valence-electron chi connectivity index (χ1n) is 6.19. The fraction of sp³-hybridized carbons (Fsp3) is 0.333. The largest absolute Gasteiger partial charge is 0.317 e. The van der Waals surface area contributed by atoms with Gasteiger partial charge in [0.25, 0.3) is 10.0 Å².